The van der Waals surface area contributed by atoms with E-state index < -0.39 is 15.9 Å². The van der Waals surface area contributed by atoms with Gasteiger partial charge in [-0.2, -0.15) is 4.31 Å². The summed E-state index contributed by atoms with van der Waals surface area (Å²) in [6, 6.07) is 14.5. The van der Waals surface area contributed by atoms with Gasteiger partial charge in [0.15, 0.2) is 5.13 Å². The number of piperidine rings is 1. The van der Waals surface area contributed by atoms with Crippen LogP contribution in [0.5, 0.6) is 0 Å². The monoisotopic (exact) mass is 486 g/mol. The molecule has 1 aromatic heterocycles. The van der Waals surface area contributed by atoms with Crippen molar-refractivity contribution in [3.8, 4) is 0 Å². The minimum Gasteiger partial charge on any atom is -0.308 e. The molecular weight excluding hydrogens is 456 g/mol. The Hall–Kier alpha value is -2.33. The number of aryl methyl sites for hydroxylation is 1. The molecule has 7 nitrogen and oxygen atoms in total. The molecule has 0 N–H and O–H groups in total. The van der Waals surface area contributed by atoms with Crippen LogP contribution in [0, 0.1) is 12.8 Å². The lowest BCUT2D eigenvalue weighted by Gasteiger charge is -2.34. The van der Waals surface area contributed by atoms with Gasteiger partial charge in [0, 0.05) is 26.2 Å². The molecule has 1 atom stereocenters. The van der Waals surface area contributed by atoms with Crippen molar-refractivity contribution >= 4 is 42.6 Å². The van der Waals surface area contributed by atoms with Crippen LogP contribution in [0.25, 0.3) is 10.2 Å². The third-order valence-corrected chi connectivity index (χ3v) is 8.91. The van der Waals surface area contributed by atoms with Crippen molar-refractivity contribution in [2.24, 2.45) is 5.92 Å². The van der Waals surface area contributed by atoms with Crippen LogP contribution in [-0.4, -0.2) is 68.8 Å². The molecule has 0 aliphatic carbocycles. The summed E-state index contributed by atoms with van der Waals surface area (Å²) < 4.78 is 28.8. The van der Waals surface area contributed by atoms with Crippen LogP contribution >= 0.6 is 11.3 Å². The molecule has 1 aliphatic heterocycles. The topological polar surface area (TPSA) is 73.8 Å². The van der Waals surface area contributed by atoms with E-state index in [-0.39, 0.29) is 17.3 Å². The summed E-state index contributed by atoms with van der Waals surface area (Å²) in [5.41, 5.74) is 1.99. The van der Waals surface area contributed by atoms with Crippen molar-refractivity contribution in [1.82, 2.24) is 14.2 Å². The molecular formula is C24H30N4O3S2. The predicted octanol–water partition coefficient (Wildman–Crippen LogP) is 3.60. The molecule has 9 heteroatoms. The Labute approximate surface area is 199 Å². The standard InChI is InChI=1S/C24H30N4O3S2/c1-18-9-7-13-21-22(18)25-24(32-21)28(16-15-26(2)3)23(29)19-10-8-14-27(17-19)33(30,31)20-11-5-4-6-12-20/h4-7,9,11-13,19H,8,10,14-17H2,1-3H3. The van der Waals surface area contributed by atoms with Crippen molar-refractivity contribution in [2.45, 2.75) is 24.7 Å². The number of likely N-dealkylation sites (N-methyl/N-ethyl adjacent to an activating group) is 1. The zero-order valence-corrected chi connectivity index (χ0v) is 20.9. The van der Waals surface area contributed by atoms with Crippen LogP contribution in [0.4, 0.5) is 5.13 Å². The second-order valence-corrected chi connectivity index (χ2v) is 11.7. The molecule has 0 saturated carbocycles. The van der Waals surface area contributed by atoms with Crippen LogP contribution in [0.1, 0.15) is 18.4 Å². The number of sulfonamides is 1. The number of carbonyl (C=O) groups excluding carboxylic acids is 1. The Kier molecular flexibility index (Phi) is 7.13. The second kappa shape index (κ2) is 9.89. The maximum Gasteiger partial charge on any atom is 0.243 e. The van der Waals surface area contributed by atoms with E-state index in [0.717, 1.165) is 15.8 Å². The second-order valence-electron chi connectivity index (χ2n) is 8.73. The summed E-state index contributed by atoms with van der Waals surface area (Å²) in [7, 11) is 0.315. The van der Waals surface area contributed by atoms with Gasteiger partial charge in [-0.3, -0.25) is 9.69 Å². The number of anilines is 1. The van der Waals surface area contributed by atoms with Gasteiger partial charge in [-0.15, -0.1) is 0 Å². The van der Waals surface area contributed by atoms with Crippen LogP contribution < -0.4 is 4.90 Å². The summed E-state index contributed by atoms with van der Waals surface area (Å²) in [6.07, 6.45) is 1.32. The van der Waals surface area contributed by atoms with Crippen LogP contribution in [0.3, 0.4) is 0 Å². The number of para-hydroxylation sites is 1. The summed E-state index contributed by atoms with van der Waals surface area (Å²) in [6.45, 7) is 3.84. The minimum absolute atomic E-state index is 0.0541. The lowest BCUT2D eigenvalue weighted by atomic mass is 9.98. The Morgan fingerprint density at radius 3 is 2.58 bits per heavy atom. The third-order valence-electron chi connectivity index (χ3n) is 5.99. The minimum atomic E-state index is -3.63. The molecule has 4 rings (SSSR count). The predicted molar refractivity (Wildman–Crippen MR) is 133 cm³/mol. The lowest BCUT2D eigenvalue weighted by molar-refractivity contribution is -0.123. The Bertz CT molecular complexity index is 1220. The SMILES string of the molecule is Cc1cccc2sc(N(CCN(C)C)C(=O)C3CCCN(S(=O)(=O)c4ccccc4)C3)nc12. The summed E-state index contributed by atoms with van der Waals surface area (Å²) in [4.78, 5) is 22.6. The quantitative estimate of drug-likeness (QED) is 0.510. The number of aromatic nitrogens is 1. The number of amides is 1. The zero-order valence-electron chi connectivity index (χ0n) is 19.3. The van der Waals surface area contributed by atoms with Gasteiger partial charge in [0.1, 0.15) is 0 Å². The van der Waals surface area contributed by atoms with Gasteiger partial charge in [0.05, 0.1) is 21.0 Å². The molecule has 1 saturated heterocycles. The summed E-state index contributed by atoms with van der Waals surface area (Å²) in [5, 5.41) is 0.675. The molecule has 0 bridgehead atoms. The Morgan fingerprint density at radius 1 is 1.12 bits per heavy atom. The number of benzene rings is 2. The largest absolute Gasteiger partial charge is 0.308 e. The van der Waals surface area contributed by atoms with Crippen molar-refractivity contribution in [3.63, 3.8) is 0 Å². The fourth-order valence-corrected chi connectivity index (χ4v) is 6.73. The van der Waals surface area contributed by atoms with E-state index in [2.05, 4.69) is 0 Å². The number of fused-ring (bicyclic) bond motifs is 1. The number of hydrogen-bond acceptors (Lipinski definition) is 6. The Balaban J connectivity index is 1.60. The molecule has 2 aromatic carbocycles. The molecule has 3 aromatic rings. The number of rotatable bonds is 7. The van der Waals surface area contributed by atoms with Crippen LogP contribution in [0.2, 0.25) is 0 Å². The van der Waals surface area contributed by atoms with Crippen molar-refractivity contribution in [3.05, 3.63) is 54.1 Å². The van der Waals surface area contributed by atoms with Gasteiger partial charge in [-0.1, -0.05) is 41.7 Å². The highest BCUT2D eigenvalue weighted by Crippen LogP contribution is 2.33. The van der Waals surface area contributed by atoms with Crippen molar-refractivity contribution in [2.75, 3.05) is 45.2 Å². The van der Waals surface area contributed by atoms with Gasteiger partial charge < -0.3 is 4.90 Å². The van der Waals surface area contributed by atoms with Gasteiger partial charge in [-0.25, -0.2) is 13.4 Å². The van der Waals surface area contributed by atoms with Gasteiger partial charge in [0.2, 0.25) is 15.9 Å². The molecule has 0 spiro atoms. The first kappa shape index (κ1) is 23.8. The first-order valence-corrected chi connectivity index (χ1v) is 13.4. The van der Waals surface area contributed by atoms with Crippen molar-refractivity contribution in [1.29, 1.82) is 0 Å². The fraction of sp³-hybridized carbons (Fsp3) is 0.417. The smallest absolute Gasteiger partial charge is 0.243 e. The van der Waals surface area contributed by atoms with E-state index >= 15 is 0 Å². The highest BCUT2D eigenvalue weighted by atomic mass is 32.2. The van der Waals surface area contributed by atoms with E-state index in [0.29, 0.717) is 37.6 Å². The van der Waals surface area contributed by atoms with E-state index in [1.54, 1.807) is 35.2 Å². The molecule has 1 unspecified atom stereocenters. The maximum atomic E-state index is 13.7. The van der Waals surface area contributed by atoms with Gasteiger partial charge in [0.25, 0.3) is 0 Å². The van der Waals surface area contributed by atoms with Gasteiger partial charge >= 0.3 is 0 Å². The number of thiazole rings is 1. The normalized spacial score (nSPS) is 17.5. The molecule has 0 radical (unpaired) electrons. The average molecular weight is 487 g/mol. The summed E-state index contributed by atoms with van der Waals surface area (Å²) in [5.74, 6) is -0.450. The van der Waals surface area contributed by atoms with Crippen LogP contribution in [0.15, 0.2) is 53.4 Å². The lowest BCUT2D eigenvalue weighted by Crippen LogP contribution is -2.48. The molecule has 33 heavy (non-hydrogen) atoms. The first-order valence-electron chi connectivity index (χ1n) is 11.1. The molecule has 1 aliphatic rings. The average Bonchev–Trinajstić information content (AvgIpc) is 3.25. The van der Waals surface area contributed by atoms with Crippen LogP contribution in [-0.2, 0) is 14.8 Å². The maximum absolute atomic E-state index is 13.7. The van der Waals surface area contributed by atoms with E-state index in [9.17, 15) is 13.2 Å². The third kappa shape index (κ3) is 5.11. The molecule has 176 valence electrons. The van der Waals surface area contributed by atoms with Crippen molar-refractivity contribution < 1.29 is 13.2 Å². The number of hydrogen-bond donors (Lipinski definition) is 0. The van der Waals surface area contributed by atoms with Gasteiger partial charge in [-0.05, 0) is 57.6 Å². The number of carbonyl (C=O) groups is 1. The highest BCUT2D eigenvalue weighted by molar-refractivity contribution is 7.89. The molecule has 2 heterocycles. The highest BCUT2D eigenvalue weighted by Gasteiger charge is 2.36. The number of nitrogens with zero attached hydrogens (tertiary/aromatic N) is 4. The summed E-state index contributed by atoms with van der Waals surface area (Å²) >= 11 is 1.51. The van der Waals surface area contributed by atoms with E-state index in [1.807, 2.05) is 44.1 Å². The van der Waals surface area contributed by atoms with E-state index in [1.165, 1.54) is 15.6 Å². The molecule has 1 fully saturated rings. The first-order chi connectivity index (χ1) is 15.8. The van der Waals surface area contributed by atoms with E-state index in [4.69, 9.17) is 4.98 Å². The fourth-order valence-electron chi connectivity index (χ4n) is 4.11. The zero-order chi connectivity index (χ0) is 23.6. The molecule has 1 amide bonds. The Morgan fingerprint density at radius 2 is 1.88 bits per heavy atom.